The molecule has 1 aliphatic rings. The fourth-order valence-corrected chi connectivity index (χ4v) is 2.53. The van der Waals surface area contributed by atoms with Gasteiger partial charge in [0.05, 0.1) is 17.4 Å². The Morgan fingerprint density at radius 2 is 2.37 bits per heavy atom. The van der Waals surface area contributed by atoms with Crippen LogP contribution < -0.4 is 10.6 Å². The molecule has 0 amide bonds. The van der Waals surface area contributed by atoms with Crippen molar-refractivity contribution in [3.63, 3.8) is 0 Å². The Hall–Kier alpha value is -1.84. The molecule has 2 unspecified atom stereocenters. The van der Waals surface area contributed by atoms with E-state index in [1.165, 1.54) is 0 Å². The number of aliphatic hydroxyl groups is 1. The Kier molecular flexibility index (Phi) is 3.88. The van der Waals surface area contributed by atoms with Gasteiger partial charge in [0.2, 0.25) is 0 Å². The van der Waals surface area contributed by atoms with E-state index in [0.29, 0.717) is 30.0 Å². The van der Waals surface area contributed by atoms with Crippen molar-refractivity contribution >= 4 is 11.5 Å². The number of hydrogen-bond donors (Lipinski definition) is 2. The lowest BCUT2D eigenvalue weighted by molar-refractivity contribution is 0.191. The van der Waals surface area contributed by atoms with Gasteiger partial charge in [-0.25, -0.2) is 4.98 Å². The van der Waals surface area contributed by atoms with Crippen LogP contribution in [-0.4, -0.2) is 54.3 Å². The zero-order valence-electron chi connectivity index (χ0n) is 11.2. The maximum absolute atomic E-state index is 9.87. The van der Waals surface area contributed by atoms with E-state index in [4.69, 9.17) is 11.0 Å². The second-order valence-electron chi connectivity index (χ2n) is 5.17. The first-order chi connectivity index (χ1) is 9.02. The van der Waals surface area contributed by atoms with Crippen molar-refractivity contribution in [3.8, 4) is 6.07 Å². The highest BCUT2D eigenvalue weighted by Gasteiger charge is 2.33. The van der Waals surface area contributed by atoms with Crippen LogP contribution in [0.4, 0.5) is 11.5 Å². The molecular weight excluding hydrogens is 242 g/mol. The van der Waals surface area contributed by atoms with E-state index < -0.39 is 0 Å². The van der Waals surface area contributed by atoms with Gasteiger partial charge in [-0.1, -0.05) is 0 Å². The molecule has 2 rings (SSSR count). The van der Waals surface area contributed by atoms with Crippen LogP contribution >= 0.6 is 0 Å². The second kappa shape index (κ2) is 5.43. The number of pyridine rings is 1. The van der Waals surface area contributed by atoms with Crippen LogP contribution in [0, 0.1) is 11.3 Å². The molecule has 2 heterocycles. The van der Waals surface area contributed by atoms with Gasteiger partial charge in [-0.15, -0.1) is 0 Å². The number of anilines is 2. The van der Waals surface area contributed by atoms with Crippen LogP contribution in [0.2, 0.25) is 0 Å². The fraction of sp³-hybridized carbons (Fsp3) is 0.538. The van der Waals surface area contributed by atoms with E-state index in [0.717, 1.165) is 6.54 Å². The van der Waals surface area contributed by atoms with Gasteiger partial charge in [0.25, 0.3) is 0 Å². The average molecular weight is 261 g/mol. The fourth-order valence-electron chi connectivity index (χ4n) is 2.53. The lowest BCUT2D eigenvalue weighted by Crippen LogP contribution is -2.38. The first-order valence-corrected chi connectivity index (χ1v) is 6.27. The van der Waals surface area contributed by atoms with Gasteiger partial charge in [-0.2, -0.15) is 5.26 Å². The van der Waals surface area contributed by atoms with Crippen molar-refractivity contribution < 1.29 is 5.11 Å². The summed E-state index contributed by atoms with van der Waals surface area (Å²) in [6.07, 6.45) is 1.90. The molecule has 3 N–H and O–H groups in total. The van der Waals surface area contributed by atoms with Crippen LogP contribution in [0.15, 0.2) is 12.3 Å². The quantitative estimate of drug-likeness (QED) is 0.798. The van der Waals surface area contributed by atoms with Crippen molar-refractivity contribution in [2.24, 2.45) is 0 Å². The highest BCUT2D eigenvalue weighted by molar-refractivity contribution is 5.70. The molecule has 6 heteroatoms. The first kappa shape index (κ1) is 13.6. The third kappa shape index (κ3) is 2.78. The summed E-state index contributed by atoms with van der Waals surface area (Å²) in [6, 6.07) is 3.83. The molecule has 1 fully saturated rings. The summed E-state index contributed by atoms with van der Waals surface area (Å²) in [7, 11) is 3.98. The average Bonchev–Trinajstić information content (AvgIpc) is 2.69. The standard InChI is InChI=1S/C13H19N5O/c1-17(2)7-10-5-11(19)8-18(10)13-12(15)9(6-14)3-4-16-13/h3-4,10-11,19H,5,7-8,15H2,1-2H3. The summed E-state index contributed by atoms with van der Waals surface area (Å²) in [5.41, 5.74) is 6.81. The van der Waals surface area contributed by atoms with Crippen LogP contribution in [0.1, 0.15) is 12.0 Å². The topological polar surface area (TPSA) is 89.4 Å². The lowest BCUT2D eigenvalue weighted by atomic mass is 10.2. The summed E-state index contributed by atoms with van der Waals surface area (Å²) < 4.78 is 0. The van der Waals surface area contributed by atoms with Gasteiger partial charge in [0.15, 0.2) is 5.82 Å². The molecule has 1 aromatic rings. The Morgan fingerprint density at radius 3 is 3.00 bits per heavy atom. The van der Waals surface area contributed by atoms with Crippen molar-refractivity contribution in [1.29, 1.82) is 5.26 Å². The van der Waals surface area contributed by atoms with Crippen LogP contribution in [0.5, 0.6) is 0 Å². The molecule has 102 valence electrons. The minimum atomic E-state index is -0.378. The highest BCUT2D eigenvalue weighted by Crippen LogP contribution is 2.30. The van der Waals surface area contributed by atoms with E-state index in [1.807, 2.05) is 19.0 Å². The van der Waals surface area contributed by atoms with Crippen molar-refractivity contribution in [2.45, 2.75) is 18.6 Å². The van der Waals surface area contributed by atoms with Gasteiger partial charge in [-0.3, -0.25) is 0 Å². The maximum Gasteiger partial charge on any atom is 0.153 e. The molecule has 19 heavy (non-hydrogen) atoms. The number of likely N-dealkylation sites (N-methyl/N-ethyl adjacent to an activating group) is 1. The lowest BCUT2D eigenvalue weighted by Gasteiger charge is -2.28. The van der Waals surface area contributed by atoms with Crippen LogP contribution in [-0.2, 0) is 0 Å². The van der Waals surface area contributed by atoms with Gasteiger partial charge in [-0.05, 0) is 26.6 Å². The first-order valence-electron chi connectivity index (χ1n) is 6.27. The molecule has 0 bridgehead atoms. The van der Waals surface area contributed by atoms with E-state index in [-0.39, 0.29) is 12.1 Å². The minimum Gasteiger partial charge on any atom is -0.395 e. The van der Waals surface area contributed by atoms with Gasteiger partial charge >= 0.3 is 0 Å². The molecule has 6 nitrogen and oxygen atoms in total. The SMILES string of the molecule is CN(C)CC1CC(O)CN1c1nccc(C#N)c1N. The Balaban J connectivity index is 2.32. The molecule has 2 atom stereocenters. The zero-order chi connectivity index (χ0) is 14.0. The predicted octanol–water partition coefficient (Wildman–Crippen LogP) is 0.0367. The summed E-state index contributed by atoms with van der Waals surface area (Å²) >= 11 is 0. The van der Waals surface area contributed by atoms with Gasteiger partial charge in [0, 0.05) is 25.3 Å². The van der Waals surface area contributed by atoms with E-state index in [1.54, 1.807) is 12.3 Å². The van der Waals surface area contributed by atoms with Gasteiger partial charge < -0.3 is 20.6 Å². The number of nitrogens with zero attached hydrogens (tertiary/aromatic N) is 4. The molecule has 0 radical (unpaired) electrons. The molecule has 1 aromatic heterocycles. The summed E-state index contributed by atoms with van der Waals surface area (Å²) in [5, 5.41) is 18.9. The number of hydrogen-bond acceptors (Lipinski definition) is 6. The van der Waals surface area contributed by atoms with Crippen molar-refractivity contribution in [1.82, 2.24) is 9.88 Å². The summed E-state index contributed by atoms with van der Waals surface area (Å²) in [6.45, 7) is 1.32. The number of nitriles is 1. The van der Waals surface area contributed by atoms with Crippen LogP contribution in [0.25, 0.3) is 0 Å². The Labute approximate surface area is 113 Å². The van der Waals surface area contributed by atoms with E-state index in [9.17, 15) is 5.11 Å². The number of rotatable bonds is 3. The molecule has 0 spiro atoms. The Morgan fingerprint density at radius 1 is 1.63 bits per heavy atom. The summed E-state index contributed by atoms with van der Waals surface area (Å²) in [4.78, 5) is 8.35. The number of aromatic nitrogens is 1. The van der Waals surface area contributed by atoms with E-state index >= 15 is 0 Å². The summed E-state index contributed by atoms with van der Waals surface area (Å²) in [5.74, 6) is 0.599. The second-order valence-corrected chi connectivity index (χ2v) is 5.17. The number of aliphatic hydroxyl groups excluding tert-OH is 1. The highest BCUT2D eigenvalue weighted by atomic mass is 16.3. The van der Waals surface area contributed by atoms with E-state index in [2.05, 4.69) is 16.0 Å². The molecule has 0 aliphatic carbocycles. The predicted molar refractivity (Wildman–Crippen MR) is 73.7 cm³/mol. The smallest absolute Gasteiger partial charge is 0.153 e. The number of nitrogen functional groups attached to an aromatic ring is 1. The molecule has 1 saturated heterocycles. The number of β-amino-alcohol motifs (C(OH)–C–C–N with tert-alkyl or cyclic N) is 1. The normalized spacial score (nSPS) is 22.8. The molecule has 0 aromatic carbocycles. The van der Waals surface area contributed by atoms with Crippen molar-refractivity contribution in [2.75, 3.05) is 37.8 Å². The molecular formula is C13H19N5O. The third-order valence-corrected chi connectivity index (χ3v) is 3.33. The minimum absolute atomic E-state index is 0.161. The molecule has 0 saturated carbocycles. The number of nitrogens with two attached hydrogens (primary N) is 1. The Bertz CT molecular complexity index is 496. The third-order valence-electron chi connectivity index (χ3n) is 3.33. The maximum atomic E-state index is 9.87. The zero-order valence-corrected chi connectivity index (χ0v) is 11.2. The van der Waals surface area contributed by atoms with Crippen molar-refractivity contribution in [3.05, 3.63) is 17.8 Å². The van der Waals surface area contributed by atoms with Crippen LogP contribution in [0.3, 0.4) is 0 Å². The monoisotopic (exact) mass is 261 g/mol. The van der Waals surface area contributed by atoms with Gasteiger partial charge in [0.1, 0.15) is 6.07 Å². The molecule has 1 aliphatic heterocycles. The largest absolute Gasteiger partial charge is 0.395 e.